The zero-order chi connectivity index (χ0) is 41.9. The number of allylic oxidation sites excluding steroid dienone is 8. The second-order valence-corrected chi connectivity index (χ2v) is 18.7. The lowest BCUT2D eigenvalue weighted by atomic mass is 9.76. The highest BCUT2D eigenvalue weighted by molar-refractivity contribution is 7.86. The van der Waals surface area contributed by atoms with Crippen molar-refractivity contribution >= 4 is 31.9 Å². The van der Waals surface area contributed by atoms with Gasteiger partial charge in [-0.3, -0.25) is 13.9 Å². The Bertz CT molecular complexity index is 2400. The summed E-state index contributed by atoms with van der Waals surface area (Å²) in [4.78, 5) is 13.1. The van der Waals surface area contributed by atoms with E-state index < -0.39 is 37.0 Å². The SMILES string of the molecule is C=C(/C=C/C1=C(Oc2ccc(CCC(=O)O)cc2)C(=C/C=C2/N(CCCC)c3ccc(S(=O)(=O)O)cc3C2(C)C)/CCC1)C(C)(C)c1cc(S(=O)(=O)O)ccc1C. The van der Waals surface area contributed by atoms with E-state index in [9.17, 15) is 30.7 Å². The molecule has 12 heteroatoms. The first kappa shape index (κ1) is 43.4. The van der Waals surface area contributed by atoms with Crippen LogP contribution in [0.5, 0.6) is 5.75 Å². The van der Waals surface area contributed by atoms with Crippen molar-refractivity contribution in [3.63, 3.8) is 0 Å². The van der Waals surface area contributed by atoms with Crippen molar-refractivity contribution in [1.82, 2.24) is 0 Å². The standard InChI is InChI=1S/C45H53NO9S2/c1-8-9-27-46-40-24-23-37(57(52,53)54)29-39(40)45(6,7)41(46)25-19-34-12-10-11-33(43(34)55-35-20-15-32(16-21-35)17-26-42(47)48)18-14-31(3)44(4,5)38-28-36(56(49,50)51)22-13-30(38)2/h13-16,18-25,28-29H,3,8-12,17,26-27H2,1-2,4-7H3,(H,47,48)(H,49,50,51)(H,52,53,54)/b18-14+,34-19+,41-25+. The van der Waals surface area contributed by atoms with Crippen LogP contribution in [0, 0.1) is 6.92 Å². The van der Waals surface area contributed by atoms with Gasteiger partial charge in [-0.05, 0) is 127 Å². The Balaban J connectivity index is 1.59. The van der Waals surface area contributed by atoms with Crippen molar-refractivity contribution < 1.29 is 40.6 Å². The molecule has 2 aliphatic rings. The molecule has 5 rings (SSSR count). The molecule has 3 aromatic rings. The highest BCUT2D eigenvalue weighted by atomic mass is 32.2. The van der Waals surface area contributed by atoms with Crippen LogP contribution in [-0.2, 0) is 42.3 Å². The number of aliphatic carboxylic acids is 1. The summed E-state index contributed by atoms with van der Waals surface area (Å²) in [6, 6.07) is 16.7. The molecule has 0 bridgehead atoms. The maximum atomic E-state index is 12.1. The van der Waals surface area contributed by atoms with Crippen LogP contribution in [0.25, 0.3) is 0 Å². The van der Waals surface area contributed by atoms with Gasteiger partial charge in [0.2, 0.25) is 0 Å². The van der Waals surface area contributed by atoms with Crippen molar-refractivity contribution in [3.8, 4) is 5.75 Å². The first-order valence-electron chi connectivity index (χ1n) is 19.1. The Hall–Kier alpha value is -4.75. The van der Waals surface area contributed by atoms with Gasteiger partial charge in [0, 0.05) is 35.2 Å². The van der Waals surface area contributed by atoms with Gasteiger partial charge in [-0.15, -0.1) is 0 Å². The van der Waals surface area contributed by atoms with Crippen LogP contribution in [0.3, 0.4) is 0 Å². The smallest absolute Gasteiger partial charge is 0.303 e. The highest BCUT2D eigenvalue weighted by Crippen LogP contribution is 2.49. The molecule has 304 valence electrons. The number of hydrogen-bond acceptors (Lipinski definition) is 7. The molecule has 10 nitrogen and oxygen atoms in total. The van der Waals surface area contributed by atoms with Gasteiger partial charge in [-0.25, -0.2) is 0 Å². The third-order valence-corrected chi connectivity index (χ3v) is 12.8. The van der Waals surface area contributed by atoms with Gasteiger partial charge in [0.25, 0.3) is 20.2 Å². The first-order valence-corrected chi connectivity index (χ1v) is 22.0. The fourth-order valence-corrected chi connectivity index (χ4v) is 8.53. The molecule has 0 atom stereocenters. The van der Waals surface area contributed by atoms with Crippen molar-refractivity contribution in [2.75, 3.05) is 11.4 Å². The molecule has 57 heavy (non-hydrogen) atoms. The number of carbonyl (C=O) groups is 1. The molecule has 0 unspecified atom stereocenters. The van der Waals surface area contributed by atoms with E-state index in [2.05, 4.69) is 30.6 Å². The number of unbranched alkanes of at least 4 members (excludes halogenated alkanes) is 1. The third kappa shape index (κ3) is 9.87. The van der Waals surface area contributed by atoms with Gasteiger partial charge in [0.15, 0.2) is 0 Å². The molecular formula is C45H53NO9S2. The van der Waals surface area contributed by atoms with E-state index >= 15 is 0 Å². The highest BCUT2D eigenvalue weighted by Gasteiger charge is 2.40. The lowest BCUT2D eigenvalue weighted by molar-refractivity contribution is -0.136. The Morgan fingerprint density at radius 2 is 1.60 bits per heavy atom. The molecule has 0 saturated carbocycles. The first-order chi connectivity index (χ1) is 26.6. The van der Waals surface area contributed by atoms with E-state index in [4.69, 9.17) is 9.84 Å². The van der Waals surface area contributed by atoms with Gasteiger partial charge in [-0.2, -0.15) is 16.8 Å². The van der Waals surface area contributed by atoms with Crippen LogP contribution >= 0.6 is 0 Å². The van der Waals surface area contributed by atoms with Crippen molar-refractivity contribution in [2.45, 2.75) is 107 Å². The number of aryl methyl sites for hydroxylation is 2. The summed E-state index contributed by atoms with van der Waals surface area (Å²) in [5, 5.41) is 9.16. The number of benzene rings is 3. The summed E-state index contributed by atoms with van der Waals surface area (Å²) in [5.41, 5.74) is 6.42. The summed E-state index contributed by atoms with van der Waals surface area (Å²) >= 11 is 0. The van der Waals surface area contributed by atoms with Crippen LogP contribution in [-0.4, -0.2) is 43.6 Å². The third-order valence-electron chi connectivity index (χ3n) is 11.1. The predicted octanol–water partition coefficient (Wildman–Crippen LogP) is 9.82. The molecule has 1 aliphatic heterocycles. The van der Waals surface area contributed by atoms with E-state index in [0.29, 0.717) is 35.5 Å². The zero-order valence-corrected chi connectivity index (χ0v) is 35.1. The zero-order valence-electron chi connectivity index (χ0n) is 33.5. The van der Waals surface area contributed by atoms with Gasteiger partial charge in [-0.1, -0.05) is 84.0 Å². The molecule has 0 radical (unpaired) electrons. The minimum atomic E-state index is -4.41. The maximum absolute atomic E-state index is 12.1. The fourth-order valence-electron chi connectivity index (χ4n) is 7.51. The van der Waals surface area contributed by atoms with Crippen LogP contribution in [0.15, 0.2) is 130 Å². The second-order valence-electron chi connectivity index (χ2n) is 15.8. The number of carboxylic acid groups (broad SMARTS) is 1. The van der Waals surface area contributed by atoms with Gasteiger partial charge >= 0.3 is 5.97 Å². The summed E-state index contributed by atoms with van der Waals surface area (Å²) in [7, 11) is -8.81. The quantitative estimate of drug-likeness (QED) is 0.0996. The van der Waals surface area contributed by atoms with Crippen LogP contribution in [0.2, 0.25) is 0 Å². The van der Waals surface area contributed by atoms with Gasteiger partial charge in [0.1, 0.15) is 11.5 Å². The van der Waals surface area contributed by atoms with E-state index in [-0.39, 0.29) is 16.2 Å². The Kier molecular flexibility index (Phi) is 12.9. The molecule has 0 fully saturated rings. The molecule has 3 aromatic carbocycles. The number of anilines is 1. The predicted molar refractivity (Wildman–Crippen MR) is 224 cm³/mol. The fraction of sp³-hybridized carbons (Fsp3) is 0.356. The number of rotatable bonds is 15. The molecule has 0 aromatic heterocycles. The number of fused-ring (bicyclic) bond motifs is 1. The van der Waals surface area contributed by atoms with E-state index in [1.165, 1.54) is 18.2 Å². The van der Waals surface area contributed by atoms with Gasteiger partial charge < -0.3 is 14.7 Å². The summed E-state index contributed by atoms with van der Waals surface area (Å²) in [5.74, 6) is 0.391. The molecule has 3 N–H and O–H groups in total. The molecule has 0 amide bonds. The van der Waals surface area contributed by atoms with Crippen molar-refractivity contribution in [2.24, 2.45) is 0 Å². The normalized spacial score (nSPS) is 17.4. The van der Waals surface area contributed by atoms with E-state index in [1.807, 2.05) is 71.0 Å². The summed E-state index contributed by atoms with van der Waals surface area (Å²) in [6.07, 6.45) is 12.6. The molecule has 1 heterocycles. The summed E-state index contributed by atoms with van der Waals surface area (Å²) < 4.78 is 74.5. The lowest BCUT2D eigenvalue weighted by Gasteiger charge is -2.29. The minimum Gasteiger partial charge on any atom is -0.481 e. The van der Waals surface area contributed by atoms with Crippen LogP contribution in [0.4, 0.5) is 5.69 Å². The van der Waals surface area contributed by atoms with Gasteiger partial charge in [0.05, 0.1) is 9.79 Å². The maximum Gasteiger partial charge on any atom is 0.303 e. The van der Waals surface area contributed by atoms with E-state index in [1.54, 1.807) is 18.2 Å². The second kappa shape index (κ2) is 17.0. The largest absolute Gasteiger partial charge is 0.481 e. The lowest BCUT2D eigenvalue weighted by Crippen LogP contribution is -2.27. The van der Waals surface area contributed by atoms with Crippen LogP contribution < -0.4 is 9.64 Å². The summed E-state index contributed by atoms with van der Waals surface area (Å²) in [6.45, 7) is 17.1. The van der Waals surface area contributed by atoms with E-state index in [0.717, 1.165) is 71.4 Å². The number of nitrogens with zero attached hydrogens (tertiary/aromatic N) is 1. The minimum absolute atomic E-state index is 0.0222. The average molecular weight is 816 g/mol. The number of ether oxygens (including phenoxy) is 1. The monoisotopic (exact) mass is 815 g/mol. The topological polar surface area (TPSA) is 159 Å². The average Bonchev–Trinajstić information content (AvgIpc) is 3.35. The Morgan fingerprint density at radius 1 is 0.947 bits per heavy atom. The van der Waals surface area contributed by atoms with Crippen LogP contribution in [0.1, 0.15) is 95.4 Å². The molecule has 1 aliphatic carbocycles. The molecule has 0 spiro atoms. The Labute approximate surface area is 337 Å². The van der Waals surface area contributed by atoms with Crippen molar-refractivity contribution in [1.29, 1.82) is 0 Å². The Morgan fingerprint density at radius 3 is 2.23 bits per heavy atom. The number of carboxylic acids is 1. The molecular weight excluding hydrogens is 763 g/mol. The number of hydrogen-bond donors (Lipinski definition) is 3. The van der Waals surface area contributed by atoms with Crippen molar-refractivity contribution in [3.05, 3.63) is 142 Å². The molecule has 0 saturated heterocycles.